The number of nitrogens with zero attached hydrogens (tertiary/aromatic N) is 2. The van der Waals surface area contributed by atoms with E-state index in [2.05, 4.69) is 21.2 Å². The average Bonchev–Trinajstić information content (AvgIpc) is 2.46. The van der Waals surface area contributed by atoms with Crippen LogP contribution < -0.4 is 10.2 Å². The molecule has 120 valence electrons. The molecule has 0 aromatic heterocycles. The monoisotopic (exact) mass is 381 g/mol. The number of hydrogen-bond acceptors (Lipinski definition) is 4. The van der Waals surface area contributed by atoms with Crippen LogP contribution in [0.2, 0.25) is 0 Å². The highest BCUT2D eigenvalue weighted by molar-refractivity contribution is 9.10. The fourth-order valence-corrected chi connectivity index (χ4v) is 2.38. The Kier molecular flexibility index (Phi) is 5.28. The molecular formula is C15H13BrFN3O3. The Morgan fingerprint density at radius 3 is 2.74 bits per heavy atom. The van der Waals surface area contributed by atoms with Gasteiger partial charge in [-0.25, -0.2) is 4.39 Å². The summed E-state index contributed by atoms with van der Waals surface area (Å²) in [5, 5.41) is 13.7. The Bertz CT molecular complexity index is 754. The minimum absolute atomic E-state index is 0.111. The lowest BCUT2D eigenvalue weighted by atomic mass is 10.2. The maximum absolute atomic E-state index is 13.1. The number of carbonyl (C=O) groups is 1. The Morgan fingerprint density at radius 2 is 2.09 bits per heavy atom. The van der Waals surface area contributed by atoms with Gasteiger partial charge in [-0.2, -0.15) is 0 Å². The first-order chi connectivity index (χ1) is 10.9. The van der Waals surface area contributed by atoms with Crippen molar-refractivity contribution in [2.75, 3.05) is 23.8 Å². The first-order valence-corrected chi connectivity index (χ1v) is 7.36. The fraction of sp³-hybridized carbons (Fsp3) is 0.133. The van der Waals surface area contributed by atoms with E-state index in [0.717, 1.165) is 0 Å². The van der Waals surface area contributed by atoms with Gasteiger partial charge in [0.05, 0.1) is 11.5 Å². The standard InChI is InChI=1S/C15H13BrFN3O3/c1-19(13-6-5-10(16)7-14(13)20(22)23)9-15(21)18-12-4-2-3-11(17)8-12/h2-8H,9H2,1H3,(H,18,21). The number of nitrogens with one attached hydrogen (secondary N) is 1. The van der Waals surface area contributed by atoms with Crippen LogP contribution in [0.5, 0.6) is 0 Å². The fourth-order valence-electron chi connectivity index (χ4n) is 2.03. The van der Waals surface area contributed by atoms with Crippen molar-refractivity contribution in [1.82, 2.24) is 0 Å². The van der Waals surface area contributed by atoms with Crippen molar-refractivity contribution in [1.29, 1.82) is 0 Å². The van der Waals surface area contributed by atoms with Gasteiger partial charge in [0.2, 0.25) is 5.91 Å². The second kappa shape index (κ2) is 7.19. The molecule has 23 heavy (non-hydrogen) atoms. The van der Waals surface area contributed by atoms with Crippen LogP contribution in [0.15, 0.2) is 46.9 Å². The number of benzene rings is 2. The van der Waals surface area contributed by atoms with Gasteiger partial charge in [0.15, 0.2) is 0 Å². The molecule has 0 heterocycles. The van der Waals surface area contributed by atoms with Crippen LogP contribution in [0.25, 0.3) is 0 Å². The quantitative estimate of drug-likeness (QED) is 0.634. The van der Waals surface area contributed by atoms with E-state index in [9.17, 15) is 19.3 Å². The molecule has 2 aromatic rings. The highest BCUT2D eigenvalue weighted by Gasteiger charge is 2.19. The second-order valence-corrected chi connectivity index (χ2v) is 5.72. The lowest BCUT2D eigenvalue weighted by Crippen LogP contribution is -2.30. The van der Waals surface area contributed by atoms with Crippen LogP contribution >= 0.6 is 15.9 Å². The zero-order valence-corrected chi connectivity index (χ0v) is 13.7. The van der Waals surface area contributed by atoms with Gasteiger partial charge in [0.1, 0.15) is 11.5 Å². The Balaban J connectivity index is 2.11. The zero-order chi connectivity index (χ0) is 17.0. The number of carbonyl (C=O) groups excluding carboxylic acids is 1. The minimum atomic E-state index is -0.513. The molecule has 1 N–H and O–H groups in total. The minimum Gasteiger partial charge on any atom is -0.360 e. The lowest BCUT2D eigenvalue weighted by molar-refractivity contribution is -0.384. The third-order valence-electron chi connectivity index (χ3n) is 3.03. The van der Waals surface area contributed by atoms with Crippen LogP contribution in [0.3, 0.4) is 0 Å². The van der Waals surface area contributed by atoms with E-state index in [4.69, 9.17) is 0 Å². The molecule has 0 atom stereocenters. The van der Waals surface area contributed by atoms with Crippen molar-refractivity contribution in [2.45, 2.75) is 0 Å². The number of nitro benzene ring substituents is 1. The van der Waals surface area contributed by atoms with Crippen molar-refractivity contribution in [2.24, 2.45) is 0 Å². The molecule has 0 fully saturated rings. The molecule has 0 unspecified atom stereocenters. The van der Waals surface area contributed by atoms with E-state index in [-0.39, 0.29) is 12.2 Å². The molecule has 0 aliphatic rings. The number of likely N-dealkylation sites (N-methyl/N-ethyl adjacent to an activating group) is 1. The summed E-state index contributed by atoms with van der Waals surface area (Å²) in [5.74, 6) is -0.866. The molecule has 0 radical (unpaired) electrons. The van der Waals surface area contributed by atoms with Gasteiger partial charge in [-0.05, 0) is 30.3 Å². The van der Waals surface area contributed by atoms with E-state index >= 15 is 0 Å². The normalized spacial score (nSPS) is 10.2. The van der Waals surface area contributed by atoms with Crippen molar-refractivity contribution in [3.63, 3.8) is 0 Å². The average molecular weight is 382 g/mol. The third kappa shape index (κ3) is 4.49. The molecule has 2 rings (SSSR count). The van der Waals surface area contributed by atoms with Gasteiger partial charge < -0.3 is 10.2 Å². The maximum Gasteiger partial charge on any atom is 0.293 e. The van der Waals surface area contributed by atoms with Gasteiger partial charge in [-0.1, -0.05) is 22.0 Å². The van der Waals surface area contributed by atoms with Gasteiger partial charge in [0, 0.05) is 23.3 Å². The summed E-state index contributed by atoms with van der Waals surface area (Å²) in [6, 6.07) is 10.1. The highest BCUT2D eigenvalue weighted by Crippen LogP contribution is 2.30. The van der Waals surface area contributed by atoms with Gasteiger partial charge in [-0.15, -0.1) is 0 Å². The molecule has 8 heteroatoms. The maximum atomic E-state index is 13.1. The Labute approximate surface area is 140 Å². The second-order valence-electron chi connectivity index (χ2n) is 4.80. The predicted molar refractivity (Wildman–Crippen MR) is 89.1 cm³/mol. The molecule has 2 aromatic carbocycles. The number of halogens is 2. The number of rotatable bonds is 5. The zero-order valence-electron chi connectivity index (χ0n) is 12.1. The summed E-state index contributed by atoms with van der Waals surface area (Å²) >= 11 is 3.18. The molecule has 0 spiro atoms. The van der Waals surface area contributed by atoms with E-state index < -0.39 is 16.6 Å². The van der Waals surface area contributed by atoms with E-state index in [1.165, 1.54) is 29.2 Å². The number of anilines is 2. The topological polar surface area (TPSA) is 75.5 Å². The summed E-state index contributed by atoms with van der Waals surface area (Å²) in [6.07, 6.45) is 0. The van der Waals surface area contributed by atoms with Crippen molar-refractivity contribution < 1.29 is 14.1 Å². The first kappa shape index (κ1) is 16.9. The van der Waals surface area contributed by atoms with E-state index in [1.54, 1.807) is 25.2 Å². The molecular weight excluding hydrogens is 369 g/mol. The molecule has 0 aliphatic carbocycles. The number of hydrogen-bond donors (Lipinski definition) is 1. The smallest absolute Gasteiger partial charge is 0.293 e. The first-order valence-electron chi connectivity index (χ1n) is 6.57. The SMILES string of the molecule is CN(CC(=O)Nc1cccc(F)c1)c1ccc(Br)cc1[N+](=O)[O-]. The summed E-state index contributed by atoms with van der Waals surface area (Å²) in [4.78, 5) is 24.1. The van der Waals surface area contributed by atoms with Crippen molar-refractivity contribution in [3.05, 3.63) is 62.9 Å². The van der Waals surface area contributed by atoms with E-state index in [0.29, 0.717) is 15.8 Å². The lowest BCUT2D eigenvalue weighted by Gasteiger charge is -2.18. The summed E-state index contributed by atoms with van der Waals surface area (Å²) in [7, 11) is 1.57. The van der Waals surface area contributed by atoms with Gasteiger partial charge >= 0.3 is 0 Å². The molecule has 1 amide bonds. The summed E-state index contributed by atoms with van der Waals surface area (Å²) in [6.45, 7) is -0.112. The van der Waals surface area contributed by atoms with Gasteiger partial charge in [0.25, 0.3) is 5.69 Å². The van der Waals surface area contributed by atoms with Crippen LogP contribution in [0.1, 0.15) is 0 Å². The molecule has 0 aliphatic heterocycles. The van der Waals surface area contributed by atoms with Crippen LogP contribution in [-0.2, 0) is 4.79 Å². The van der Waals surface area contributed by atoms with Crippen LogP contribution in [-0.4, -0.2) is 24.4 Å². The molecule has 0 saturated carbocycles. The summed E-state index contributed by atoms with van der Waals surface area (Å²) in [5.41, 5.74) is 0.529. The van der Waals surface area contributed by atoms with Crippen molar-refractivity contribution in [3.8, 4) is 0 Å². The van der Waals surface area contributed by atoms with Gasteiger partial charge in [-0.3, -0.25) is 14.9 Å². The largest absolute Gasteiger partial charge is 0.360 e. The number of amides is 1. The van der Waals surface area contributed by atoms with Crippen molar-refractivity contribution >= 4 is 38.9 Å². The van der Waals surface area contributed by atoms with E-state index in [1.807, 2.05) is 0 Å². The van der Waals surface area contributed by atoms with Crippen LogP contribution in [0.4, 0.5) is 21.5 Å². The third-order valence-corrected chi connectivity index (χ3v) is 3.53. The molecule has 0 saturated heterocycles. The Morgan fingerprint density at radius 1 is 1.35 bits per heavy atom. The predicted octanol–water partition coefficient (Wildman–Crippen LogP) is 3.57. The van der Waals surface area contributed by atoms with Crippen LogP contribution in [0, 0.1) is 15.9 Å². The molecule has 6 nitrogen and oxygen atoms in total. The summed E-state index contributed by atoms with van der Waals surface area (Å²) < 4.78 is 13.7. The molecule has 0 bridgehead atoms. The Hall–Kier alpha value is -2.48. The number of nitro groups is 1. The highest BCUT2D eigenvalue weighted by atomic mass is 79.9.